The van der Waals surface area contributed by atoms with Crippen molar-refractivity contribution in [2.24, 2.45) is 0 Å². The van der Waals surface area contributed by atoms with E-state index in [1.54, 1.807) is 0 Å². The highest BCUT2D eigenvalue weighted by Gasteiger charge is 2.22. The second-order valence-corrected chi connectivity index (χ2v) is 9.82. The van der Waals surface area contributed by atoms with Gasteiger partial charge in [-0.3, -0.25) is 0 Å². The van der Waals surface area contributed by atoms with Gasteiger partial charge in [0, 0.05) is 11.1 Å². The fourth-order valence-corrected chi connectivity index (χ4v) is 4.28. The molecule has 5 nitrogen and oxygen atoms in total. The van der Waals surface area contributed by atoms with E-state index in [0.717, 1.165) is 33.5 Å². The van der Waals surface area contributed by atoms with Gasteiger partial charge in [-0.05, 0) is 61.4 Å². The van der Waals surface area contributed by atoms with Crippen LogP contribution in [0.5, 0.6) is 0 Å². The van der Waals surface area contributed by atoms with Gasteiger partial charge in [-0.1, -0.05) is 45.0 Å². The zero-order valence-corrected chi connectivity index (χ0v) is 18.7. The Morgan fingerprint density at radius 2 is 1.60 bits per heavy atom. The first-order valence-electron chi connectivity index (χ1n) is 9.95. The number of aryl methyl sites for hydroxylation is 2. The number of rotatable bonds is 4. The highest BCUT2D eigenvalue weighted by Crippen LogP contribution is 2.30. The largest absolute Gasteiger partial charge is 0.588 e. The van der Waals surface area contributed by atoms with Gasteiger partial charge in [-0.25, -0.2) is 9.67 Å². The Labute approximate surface area is 180 Å². The smallest absolute Gasteiger partial charge is 0.202 e. The number of benzene rings is 2. The van der Waals surface area contributed by atoms with Crippen LogP contribution in [0.1, 0.15) is 37.6 Å². The van der Waals surface area contributed by atoms with Crippen molar-refractivity contribution in [1.29, 1.82) is 0 Å². The van der Waals surface area contributed by atoms with Crippen LogP contribution in [-0.4, -0.2) is 19.3 Å². The zero-order valence-electron chi connectivity index (χ0n) is 17.9. The number of pyridine rings is 1. The van der Waals surface area contributed by atoms with Gasteiger partial charge in [0.05, 0.1) is 11.1 Å². The van der Waals surface area contributed by atoms with E-state index >= 15 is 0 Å². The maximum atomic E-state index is 12.9. The molecule has 4 rings (SSSR count). The van der Waals surface area contributed by atoms with Crippen molar-refractivity contribution in [2.45, 2.75) is 44.9 Å². The lowest BCUT2D eigenvalue weighted by Gasteiger charge is -2.17. The van der Waals surface area contributed by atoms with Crippen molar-refractivity contribution in [3.05, 3.63) is 77.5 Å². The van der Waals surface area contributed by atoms with Gasteiger partial charge in [-0.2, -0.15) is 4.72 Å². The molecule has 0 saturated heterocycles. The van der Waals surface area contributed by atoms with E-state index in [2.05, 4.69) is 57.5 Å². The molecule has 154 valence electrons. The SMILES string of the molecule is Cc1cc(C)cc(-n2nc(N[S+]([O-])c3ccccc3)c3ccc(C(C)(C)C)nc32)c1. The molecule has 1 unspecified atom stereocenters. The van der Waals surface area contributed by atoms with Crippen molar-refractivity contribution < 1.29 is 4.55 Å². The Kier molecular flexibility index (Phi) is 5.30. The predicted octanol–water partition coefficient (Wildman–Crippen LogP) is 5.47. The van der Waals surface area contributed by atoms with Crippen molar-refractivity contribution >= 4 is 28.2 Å². The molecule has 0 aliphatic rings. The molecule has 1 atom stereocenters. The normalized spacial score (nSPS) is 12.9. The summed E-state index contributed by atoms with van der Waals surface area (Å²) in [7, 11) is 0. The second kappa shape index (κ2) is 7.78. The summed E-state index contributed by atoms with van der Waals surface area (Å²) in [6.45, 7) is 10.6. The first kappa shape index (κ1) is 20.4. The molecular formula is C24H26N4OS. The van der Waals surface area contributed by atoms with Crippen LogP contribution in [0, 0.1) is 13.8 Å². The minimum absolute atomic E-state index is 0.0910. The molecule has 30 heavy (non-hydrogen) atoms. The van der Waals surface area contributed by atoms with E-state index in [1.807, 2.05) is 47.1 Å². The summed E-state index contributed by atoms with van der Waals surface area (Å²) in [5, 5.41) is 5.62. The molecule has 0 amide bonds. The maximum absolute atomic E-state index is 12.9. The van der Waals surface area contributed by atoms with Crippen LogP contribution in [0.25, 0.3) is 16.7 Å². The van der Waals surface area contributed by atoms with E-state index in [-0.39, 0.29) is 5.41 Å². The number of hydrogen-bond donors (Lipinski definition) is 1. The summed E-state index contributed by atoms with van der Waals surface area (Å²) < 4.78 is 17.8. The summed E-state index contributed by atoms with van der Waals surface area (Å²) in [6.07, 6.45) is 0. The molecule has 2 aromatic carbocycles. The molecule has 0 bridgehead atoms. The molecular weight excluding hydrogens is 392 g/mol. The summed E-state index contributed by atoms with van der Waals surface area (Å²) in [5.41, 5.74) is 4.89. The van der Waals surface area contributed by atoms with Crippen LogP contribution in [0.15, 0.2) is 65.6 Å². The van der Waals surface area contributed by atoms with E-state index in [9.17, 15) is 4.55 Å². The van der Waals surface area contributed by atoms with Crippen molar-refractivity contribution in [1.82, 2.24) is 14.8 Å². The fourth-order valence-electron chi connectivity index (χ4n) is 3.43. The van der Waals surface area contributed by atoms with Gasteiger partial charge in [0.2, 0.25) is 5.82 Å². The van der Waals surface area contributed by atoms with Crippen molar-refractivity contribution in [2.75, 3.05) is 4.72 Å². The second-order valence-electron chi connectivity index (χ2n) is 8.61. The maximum Gasteiger partial charge on any atom is 0.202 e. The first-order chi connectivity index (χ1) is 14.2. The average Bonchev–Trinajstić information content (AvgIpc) is 3.05. The van der Waals surface area contributed by atoms with Crippen molar-refractivity contribution in [3.8, 4) is 5.69 Å². The monoisotopic (exact) mass is 418 g/mol. The third kappa shape index (κ3) is 4.06. The number of fused-ring (bicyclic) bond motifs is 1. The molecule has 0 aliphatic carbocycles. The summed E-state index contributed by atoms with van der Waals surface area (Å²) in [4.78, 5) is 5.64. The molecule has 0 fully saturated rings. The van der Waals surface area contributed by atoms with Crippen molar-refractivity contribution in [3.63, 3.8) is 0 Å². The molecule has 0 radical (unpaired) electrons. The number of nitrogens with one attached hydrogen (secondary N) is 1. The van der Waals surface area contributed by atoms with Gasteiger partial charge >= 0.3 is 0 Å². The molecule has 2 aromatic heterocycles. The Hall–Kier alpha value is -2.83. The number of anilines is 1. The minimum atomic E-state index is -1.42. The molecule has 0 saturated carbocycles. The number of nitrogens with zero attached hydrogens (tertiary/aromatic N) is 3. The highest BCUT2D eigenvalue weighted by molar-refractivity contribution is 7.92. The van der Waals surface area contributed by atoms with Gasteiger partial charge in [0.25, 0.3) is 0 Å². The number of aromatic nitrogens is 3. The molecule has 6 heteroatoms. The molecule has 0 spiro atoms. The summed E-state index contributed by atoms with van der Waals surface area (Å²) in [5.74, 6) is 0.555. The Bertz CT molecular complexity index is 1180. The van der Waals surface area contributed by atoms with E-state index in [4.69, 9.17) is 10.1 Å². The topological polar surface area (TPSA) is 65.8 Å². The first-order valence-corrected chi connectivity index (χ1v) is 11.1. The third-order valence-electron chi connectivity index (χ3n) is 4.90. The van der Waals surface area contributed by atoms with Crippen LogP contribution in [0.4, 0.5) is 5.82 Å². The molecule has 4 aromatic rings. The van der Waals surface area contributed by atoms with Crippen LogP contribution in [0.2, 0.25) is 0 Å². The fraction of sp³-hybridized carbons (Fsp3) is 0.250. The van der Waals surface area contributed by atoms with Crippen LogP contribution in [0.3, 0.4) is 0 Å². The Morgan fingerprint density at radius 1 is 0.933 bits per heavy atom. The van der Waals surface area contributed by atoms with Crippen LogP contribution in [-0.2, 0) is 16.8 Å². The molecule has 1 N–H and O–H groups in total. The predicted molar refractivity (Wildman–Crippen MR) is 124 cm³/mol. The standard InChI is InChI=1S/C24H26N4OS/c1-16-13-17(2)15-18(14-16)28-23-20(11-12-21(25-23)24(3,4)5)22(26-28)27-30(29)19-9-7-6-8-10-19/h6-15H,1-5H3,(H,26,27). The van der Waals surface area contributed by atoms with Crippen LogP contribution >= 0.6 is 0 Å². The summed E-state index contributed by atoms with van der Waals surface area (Å²) in [6, 6.07) is 19.7. The van der Waals surface area contributed by atoms with E-state index < -0.39 is 11.4 Å². The zero-order chi connectivity index (χ0) is 21.5. The van der Waals surface area contributed by atoms with Gasteiger partial charge in [0.1, 0.15) is 11.4 Å². The van der Waals surface area contributed by atoms with Gasteiger partial charge in [-0.15, -0.1) is 5.10 Å². The van der Waals surface area contributed by atoms with E-state index in [1.165, 1.54) is 0 Å². The minimum Gasteiger partial charge on any atom is -0.588 e. The Balaban J connectivity index is 1.87. The lowest BCUT2D eigenvalue weighted by atomic mass is 9.91. The third-order valence-corrected chi connectivity index (χ3v) is 5.98. The lowest BCUT2D eigenvalue weighted by molar-refractivity contribution is 0.570. The van der Waals surface area contributed by atoms with E-state index in [0.29, 0.717) is 10.7 Å². The molecule has 2 heterocycles. The highest BCUT2D eigenvalue weighted by atomic mass is 32.2. The van der Waals surface area contributed by atoms with Crippen LogP contribution < -0.4 is 4.72 Å². The lowest BCUT2D eigenvalue weighted by Crippen LogP contribution is -2.14. The van der Waals surface area contributed by atoms with Gasteiger partial charge < -0.3 is 4.55 Å². The molecule has 0 aliphatic heterocycles. The Morgan fingerprint density at radius 3 is 2.23 bits per heavy atom. The van der Waals surface area contributed by atoms with Gasteiger partial charge in [0.15, 0.2) is 10.5 Å². The average molecular weight is 419 g/mol. The number of hydrogen-bond acceptors (Lipinski definition) is 4. The quantitative estimate of drug-likeness (QED) is 0.446. The summed E-state index contributed by atoms with van der Waals surface area (Å²) >= 11 is -1.42.